The second-order valence-corrected chi connectivity index (χ2v) is 3.99. The van der Waals surface area contributed by atoms with Gasteiger partial charge in [-0.25, -0.2) is 4.39 Å². The average Bonchev–Trinajstić information content (AvgIpc) is 2.20. The first-order chi connectivity index (χ1) is 7.41. The number of hydrogen-bond acceptors (Lipinski definition) is 2. The molecule has 86 valence electrons. The molecule has 0 spiro atoms. The predicted molar refractivity (Wildman–Crippen MR) is 57.6 cm³/mol. The lowest BCUT2D eigenvalue weighted by molar-refractivity contribution is -0.136. The molecule has 0 saturated heterocycles. The van der Waals surface area contributed by atoms with Crippen molar-refractivity contribution in [3.8, 4) is 0 Å². The van der Waals surface area contributed by atoms with Crippen LogP contribution in [0.1, 0.15) is 16.8 Å². The quantitative estimate of drug-likeness (QED) is 0.672. The number of carbonyl (C=O) groups excluding carboxylic acids is 1. The largest absolute Gasteiger partial charge is 0.481 e. The third-order valence-electron chi connectivity index (χ3n) is 1.84. The third kappa shape index (κ3) is 3.18. The Morgan fingerprint density at radius 1 is 1.44 bits per heavy atom. The summed E-state index contributed by atoms with van der Waals surface area (Å²) >= 11 is 11.1. The highest BCUT2D eigenvalue weighted by Crippen LogP contribution is 2.19. The van der Waals surface area contributed by atoms with Crippen LogP contribution in [0.4, 0.5) is 4.39 Å². The van der Waals surface area contributed by atoms with Gasteiger partial charge in [-0.05, 0) is 18.2 Å². The van der Waals surface area contributed by atoms with E-state index in [4.69, 9.17) is 28.3 Å². The molecule has 0 saturated carbocycles. The molecule has 1 atom stereocenters. The first-order valence-electron chi connectivity index (χ1n) is 4.27. The molecule has 0 aliphatic heterocycles. The topological polar surface area (TPSA) is 54.4 Å². The maximum Gasteiger partial charge on any atom is 0.305 e. The van der Waals surface area contributed by atoms with E-state index in [1.54, 1.807) is 0 Å². The summed E-state index contributed by atoms with van der Waals surface area (Å²) in [5, 5.41) is 7.07. The van der Waals surface area contributed by atoms with Crippen molar-refractivity contribution in [2.75, 3.05) is 0 Å². The van der Waals surface area contributed by atoms with Crippen molar-refractivity contribution >= 4 is 35.0 Å². The number of carboxylic acid groups (broad SMARTS) is 1. The Morgan fingerprint density at radius 3 is 2.56 bits per heavy atom. The molecule has 6 heteroatoms. The highest BCUT2D eigenvalue weighted by molar-refractivity contribution is 6.35. The van der Waals surface area contributed by atoms with Crippen LogP contribution in [0, 0.1) is 5.82 Å². The zero-order valence-electron chi connectivity index (χ0n) is 7.91. The molecular formula is C10H7Cl2FO3. The van der Waals surface area contributed by atoms with E-state index in [9.17, 15) is 14.0 Å². The van der Waals surface area contributed by atoms with Crippen molar-refractivity contribution in [3.63, 3.8) is 0 Å². The van der Waals surface area contributed by atoms with Crippen LogP contribution in [0.2, 0.25) is 5.02 Å². The molecule has 1 aromatic carbocycles. The number of benzene rings is 1. The minimum Gasteiger partial charge on any atom is -0.481 e. The molecule has 0 aliphatic carbocycles. The molecule has 1 unspecified atom stereocenters. The van der Waals surface area contributed by atoms with Gasteiger partial charge in [0.25, 0.3) is 0 Å². The summed E-state index contributed by atoms with van der Waals surface area (Å²) in [5.41, 5.74) is 0.0904. The Bertz CT molecular complexity index is 434. The van der Waals surface area contributed by atoms with E-state index in [0.717, 1.165) is 12.1 Å². The van der Waals surface area contributed by atoms with Gasteiger partial charge in [-0.15, -0.1) is 11.6 Å². The number of carboxylic acids is 1. The predicted octanol–water partition coefficient (Wildman–Crippen LogP) is 2.74. The Kier molecular flexibility index (Phi) is 4.26. The summed E-state index contributed by atoms with van der Waals surface area (Å²) in [7, 11) is 0. The second-order valence-electron chi connectivity index (χ2n) is 3.06. The highest BCUT2D eigenvalue weighted by Gasteiger charge is 2.21. The zero-order valence-corrected chi connectivity index (χ0v) is 9.43. The van der Waals surface area contributed by atoms with Crippen molar-refractivity contribution in [2.45, 2.75) is 11.8 Å². The van der Waals surface area contributed by atoms with Crippen LogP contribution in [0.5, 0.6) is 0 Å². The number of halogens is 3. The van der Waals surface area contributed by atoms with Crippen molar-refractivity contribution in [1.29, 1.82) is 0 Å². The molecule has 0 bridgehead atoms. The van der Waals surface area contributed by atoms with Gasteiger partial charge in [-0.3, -0.25) is 9.59 Å². The van der Waals surface area contributed by atoms with E-state index in [2.05, 4.69) is 0 Å². The van der Waals surface area contributed by atoms with Crippen LogP contribution in [0.25, 0.3) is 0 Å². The lowest BCUT2D eigenvalue weighted by atomic mass is 10.1. The van der Waals surface area contributed by atoms with Crippen LogP contribution in [-0.4, -0.2) is 22.2 Å². The molecule has 0 radical (unpaired) electrons. The third-order valence-corrected chi connectivity index (χ3v) is 2.48. The average molecular weight is 265 g/mol. The van der Waals surface area contributed by atoms with Gasteiger partial charge in [0.2, 0.25) is 0 Å². The molecule has 1 rings (SSSR count). The van der Waals surface area contributed by atoms with Crippen LogP contribution in [0.3, 0.4) is 0 Å². The molecule has 1 aromatic rings. The minimum atomic E-state index is -1.18. The SMILES string of the molecule is O=C(O)CC(Cl)C(=O)c1ccc(F)c(Cl)c1. The summed E-state index contributed by atoms with van der Waals surface area (Å²) in [6, 6.07) is 3.36. The lowest BCUT2D eigenvalue weighted by Crippen LogP contribution is -2.18. The van der Waals surface area contributed by atoms with Gasteiger partial charge in [0.05, 0.1) is 11.4 Å². The van der Waals surface area contributed by atoms with Gasteiger partial charge in [-0.2, -0.15) is 0 Å². The van der Waals surface area contributed by atoms with Crippen molar-refractivity contribution < 1.29 is 19.1 Å². The normalized spacial score (nSPS) is 12.2. The lowest BCUT2D eigenvalue weighted by Gasteiger charge is -2.06. The first kappa shape index (κ1) is 12.9. The van der Waals surface area contributed by atoms with E-state index in [1.165, 1.54) is 6.07 Å². The molecule has 16 heavy (non-hydrogen) atoms. The zero-order chi connectivity index (χ0) is 12.3. The fraction of sp³-hybridized carbons (Fsp3) is 0.200. The highest BCUT2D eigenvalue weighted by atomic mass is 35.5. The molecule has 0 amide bonds. The Labute approximate surface area is 101 Å². The van der Waals surface area contributed by atoms with E-state index >= 15 is 0 Å². The number of Topliss-reactive ketones (excluding diaryl/α,β-unsaturated/α-hetero) is 1. The molecule has 3 nitrogen and oxygen atoms in total. The van der Waals surface area contributed by atoms with Gasteiger partial charge in [0.15, 0.2) is 5.78 Å². The van der Waals surface area contributed by atoms with Gasteiger partial charge in [-0.1, -0.05) is 11.6 Å². The summed E-state index contributed by atoms with van der Waals surface area (Å²) in [6.45, 7) is 0. The standard InChI is InChI=1S/C10H7Cl2FO3/c11-6-3-5(1-2-8(6)13)10(16)7(12)4-9(14)15/h1-3,7H,4H2,(H,14,15). The molecule has 0 aromatic heterocycles. The molecule has 0 aliphatic rings. The van der Waals surface area contributed by atoms with Crippen molar-refractivity contribution in [3.05, 3.63) is 34.6 Å². The number of carbonyl (C=O) groups is 2. The number of hydrogen-bond donors (Lipinski definition) is 1. The van der Waals surface area contributed by atoms with Gasteiger partial charge in [0, 0.05) is 5.56 Å². The molecular weight excluding hydrogens is 258 g/mol. The van der Waals surface area contributed by atoms with Crippen LogP contribution in [-0.2, 0) is 4.79 Å². The summed E-state index contributed by atoms with van der Waals surface area (Å²) < 4.78 is 12.8. The monoisotopic (exact) mass is 264 g/mol. The van der Waals surface area contributed by atoms with E-state index in [0.29, 0.717) is 0 Å². The van der Waals surface area contributed by atoms with E-state index in [-0.39, 0.29) is 10.6 Å². The molecule has 0 fully saturated rings. The maximum atomic E-state index is 12.8. The number of ketones is 1. The summed E-state index contributed by atoms with van der Waals surface area (Å²) in [4.78, 5) is 21.9. The Morgan fingerprint density at radius 2 is 2.06 bits per heavy atom. The minimum absolute atomic E-state index is 0.0904. The second kappa shape index (κ2) is 5.27. The molecule has 1 N–H and O–H groups in total. The maximum absolute atomic E-state index is 12.8. The fourth-order valence-electron chi connectivity index (χ4n) is 1.08. The van der Waals surface area contributed by atoms with E-state index in [1.807, 2.05) is 0 Å². The van der Waals surface area contributed by atoms with Crippen molar-refractivity contribution in [2.24, 2.45) is 0 Å². The van der Waals surface area contributed by atoms with Crippen LogP contribution < -0.4 is 0 Å². The number of aliphatic carboxylic acids is 1. The summed E-state index contributed by atoms with van der Waals surface area (Å²) in [6.07, 6.45) is -0.491. The van der Waals surface area contributed by atoms with Gasteiger partial charge >= 0.3 is 5.97 Å². The van der Waals surface area contributed by atoms with E-state index < -0.39 is 29.4 Å². The van der Waals surface area contributed by atoms with Crippen LogP contribution in [0.15, 0.2) is 18.2 Å². The summed E-state index contributed by atoms with van der Waals surface area (Å²) in [5.74, 6) is -2.42. The Hall–Kier alpha value is -1.13. The van der Waals surface area contributed by atoms with Crippen molar-refractivity contribution in [1.82, 2.24) is 0 Å². The Balaban J connectivity index is 2.88. The smallest absolute Gasteiger partial charge is 0.305 e. The van der Waals surface area contributed by atoms with Crippen LogP contribution >= 0.6 is 23.2 Å². The fourth-order valence-corrected chi connectivity index (χ4v) is 1.51. The molecule has 0 heterocycles. The van der Waals surface area contributed by atoms with Gasteiger partial charge in [0.1, 0.15) is 11.2 Å². The first-order valence-corrected chi connectivity index (χ1v) is 5.08. The number of rotatable bonds is 4. The number of alkyl halides is 1. The van der Waals surface area contributed by atoms with Gasteiger partial charge < -0.3 is 5.11 Å².